The molecule has 0 aliphatic heterocycles. The molecule has 1 N–H and O–H groups in total. The Morgan fingerprint density at radius 1 is 1.41 bits per heavy atom. The number of alkyl halides is 1. The average molecular weight is 252 g/mol. The van der Waals surface area contributed by atoms with Crippen LogP contribution in [0.5, 0.6) is 0 Å². The van der Waals surface area contributed by atoms with Crippen molar-refractivity contribution in [3.8, 4) is 0 Å². The quantitative estimate of drug-likeness (QED) is 0.819. The fourth-order valence-corrected chi connectivity index (χ4v) is 2.47. The molecule has 1 atom stereocenters. The van der Waals surface area contributed by atoms with E-state index in [0.717, 1.165) is 25.8 Å². The van der Waals surface area contributed by atoms with E-state index in [1.54, 1.807) is 6.92 Å². The van der Waals surface area contributed by atoms with E-state index >= 15 is 0 Å². The fourth-order valence-electron chi connectivity index (χ4n) is 2.39. The summed E-state index contributed by atoms with van der Waals surface area (Å²) in [6.07, 6.45) is 3.31. The van der Waals surface area contributed by atoms with Gasteiger partial charge in [-0.3, -0.25) is 4.79 Å². The molecule has 0 spiro atoms. The largest absolute Gasteiger partial charge is 0.355 e. The first-order valence-electron chi connectivity index (χ1n) is 6.15. The summed E-state index contributed by atoms with van der Waals surface area (Å²) in [7, 11) is 0. The first kappa shape index (κ1) is 12.4. The van der Waals surface area contributed by atoms with Crippen LogP contribution in [0, 0.1) is 5.92 Å². The minimum absolute atomic E-state index is 0.0674. The lowest BCUT2D eigenvalue weighted by Crippen LogP contribution is -2.31. The van der Waals surface area contributed by atoms with E-state index in [2.05, 4.69) is 29.6 Å². The molecule has 2 nitrogen and oxygen atoms in total. The number of carbonyl (C=O) groups excluding carboxylic acids is 1. The summed E-state index contributed by atoms with van der Waals surface area (Å²) in [5.74, 6) is 0.598. The molecule has 1 aromatic rings. The van der Waals surface area contributed by atoms with Gasteiger partial charge in [0.25, 0.3) is 0 Å². The lowest BCUT2D eigenvalue weighted by atomic mass is 10.0. The topological polar surface area (TPSA) is 29.1 Å². The van der Waals surface area contributed by atoms with Crippen LogP contribution in [-0.4, -0.2) is 17.8 Å². The minimum Gasteiger partial charge on any atom is -0.355 e. The van der Waals surface area contributed by atoms with E-state index in [1.165, 1.54) is 11.1 Å². The van der Waals surface area contributed by atoms with E-state index in [0.29, 0.717) is 5.92 Å². The highest BCUT2D eigenvalue weighted by Gasteiger charge is 2.20. The summed E-state index contributed by atoms with van der Waals surface area (Å²) in [4.78, 5) is 11.3. The summed E-state index contributed by atoms with van der Waals surface area (Å²) >= 11 is 5.68. The number of benzene rings is 1. The van der Waals surface area contributed by atoms with Crippen molar-refractivity contribution in [2.24, 2.45) is 5.92 Å². The van der Waals surface area contributed by atoms with Gasteiger partial charge in [-0.25, -0.2) is 0 Å². The van der Waals surface area contributed by atoms with Crippen molar-refractivity contribution in [3.63, 3.8) is 0 Å². The fraction of sp³-hybridized carbons (Fsp3) is 0.500. The molecule has 1 unspecified atom stereocenters. The predicted molar refractivity (Wildman–Crippen MR) is 70.3 cm³/mol. The number of carbonyl (C=O) groups is 1. The Morgan fingerprint density at radius 2 is 2.00 bits per heavy atom. The van der Waals surface area contributed by atoms with Crippen LogP contribution in [0.15, 0.2) is 24.3 Å². The maximum absolute atomic E-state index is 11.3. The highest BCUT2D eigenvalue weighted by molar-refractivity contribution is 6.30. The number of fused-ring (bicyclic) bond motifs is 1. The highest BCUT2D eigenvalue weighted by Crippen LogP contribution is 2.28. The van der Waals surface area contributed by atoms with Crippen molar-refractivity contribution in [3.05, 3.63) is 35.4 Å². The summed E-state index contributed by atoms with van der Waals surface area (Å²) in [6.45, 7) is 2.43. The van der Waals surface area contributed by atoms with Gasteiger partial charge in [0.1, 0.15) is 5.38 Å². The van der Waals surface area contributed by atoms with Gasteiger partial charge in [0.2, 0.25) is 5.91 Å². The maximum atomic E-state index is 11.3. The SMILES string of the molecule is CC(Cl)C(=O)NCCC1Cc2ccccc2C1. The van der Waals surface area contributed by atoms with Crippen LogP contribution < -0.4 is 5.32 Å². The lowest BCUT2D eigenvalue weighted by molar-refractivity contribution is -0.120. The average Bonchev–Trinajstić information content (AvgIpc) is 2.71. The molecule has 0 aromatic heterocycles. The maximum Gasteiger partial charge on any atom is 0.237 e. The molecule has 3 heteroatoms. The number of hydrogen-bond acceptors (Lipinski definition) is 1. The van der Waals surface area contributed by atoms with E-state index in [9.17, 15) is 4.79 Å². The molecule has 1 aliphatic carbocycles. The van der Waals surface area contributed by atoms with Crippen LogP contribution in [-0.2, 0) is 17.6 Å². The molecular weight excluding hydrogens is 234 g/mol. The van der Waals surface area contributed by atoms with Gasteiger partial charge >= 0.3 is 0 Å². The van der Waals surface area contributed by atoms with Gasteiger partial charge in [0.05, 0.1) is 0 Å². The van der Waals surface area contributed by atoms with Gasteiger partial charge in [-0.05, 0) is 43.2 Å². The third kappa shape index (κ3) is 3.22. The molecule has 17 heavy (non-hydrogen) atoms. The van der Waals surface area contributed by atoms with Gasteiger partial charge in [-0.2, -0.15) is 0 Å². The van der Waals surface area contributed by atoms with Crippen LogP contribution in [0.2, 0.25) is 0 Å². The van der Waals surface area contributed by atoms with Crippen LogP contribution in [0.1, 0.15) is 24.5 Å². The van der Waals surface area contributed by atoms with Gasteiger partial charge in [0.15, 0.2) is 0 Å². The Morgan fingerprint density at radius 3 is 2.53 bits per heavy atom. The second kappa shape index (κ2) is 5.54. The first-order chi connectivity index (χ1) is 8.16. The van der Waals surface area contributed by atoms with Crippen LogP contribution in [0.25, 0.3) is 0 Å². The van der Waals surface area contributed by atoms with E-state index in [-0.39, 0.29) is 5.91 Å². The molecule has 2 rings (SSSR count). The van der Waals surface area contributed by atoms with E-state index in [1.807, 2.05) is 0 Å². The third-order valence-corrected chi connectivity index (χ3v) is 3.55. The van der Waals surface area contributed by atoms with Crippen LogP contribution in [0.4, 0.5) is 0 Å². The number of rotatable bonds is 4. The summed E-state index contributed by atoms with van der Waals surface area (Å²) in [5.41, 5.74) is 2.93. The summed E-state index contributed by atoms with van der Waals surface area (Å²) < 4.78 is 0. The standard InChI is InChI=1S/C14H18ClNO/c1-10(15)14(17)16-7-6-11-8-12-4-2-3-5-13(12)9-11/h2-5,10-11H,6-9H2,1H3,(H,16,17). The van der Waals surface area contributed by atoms with Gasteiger partial charge < -0.3 is 5.32 Å². The molecule has 0 heterocycles. The molecule has 0 bridgehead atoms. The molecule has 0 fully saturated rings. The molecule has 1 aliphatic rings. The molecule has 0 saturated heterocycles. The predicted octanol–water partition coefficient (Wildman–Crippen LogP) is 2.54. The van der Waals surface area contributed by atoms with Gasteiger partial charge in [-0.1, -0.05) is 24.3 Å². The molecule has 0 saturated carbocycles. The molecule has 1 amide bonds. The summed E-state index contributed by atoms with van der Waals surface area (Å²) in [5, 5.41) is 2.43. The zero-order chi connectivity index (χ0) is 12.3. The molecule has 1 aromatic carbocycles. The second-order valence-electron chi connectivity index (χ2n) is 4.74. The zero-order valence-corrected chi connectivity index (χ0v) is 10.8. The Bertz CT molecular complexity index is 378. The van der Waals surface area contributed by atoms with E-state index in [4.69, 9.17) is 11.6 Å². The highest BCUT2D eigenvalue weighted by atomic mass is 35.5. The van der Waals surface area contributed by atoms with Gasteiger partial charge in [0, 0.05) is 6.54 Å². The third-order valence-electron chi connectivity index (χ3n) is 3.35. The van der Waals surface area contributed by atoms with Crippen molar-refractivity contribution in [1.82, 2.24) is 5.32 Å². The Kier molecular flexibility index (Phi) is 4.06. The Balaban J connectivity index is 1.75. The zero-order valence-electron chi connectivity index (χ0n) is 10.1. The van der Waals surface area contributed by atoms with Crippen LogP contribution >= 0.6 is 11.6 Å². The van der Waals surface area contributed by atoms with Crippen molar-refractivity contribution < 1.29 is 4.79 Å². The Hall–Kier alpha value is -1.02. The van der Waals surface area contributed by atoms with E-state index < -0.39 is 5.38 Å². The van der Waals surface area contributed by atoms with Crippen LogP contribution in [0.3, 0.4) is 0 Å². The Labute approximate surface area is 107 Å². The van der Waals surface area contributed by atoms with Crippen molar-refractivity contribution >= 4 is 17.5 Å². The van der Waals surface area contributed by atoms with Gasteiger partial charge in [-0.15, -0.1) is 11.6 Å². The first-order valence-corrected chi connectivity index (χ1v) is 6.59. The lowest BCUT2D eigenvalue weighted by Gasteiger charge is -2.10. The smallest absolute Gasteiger partial charge is 0.237 e. The molecule has 0 radical (unpaired) electrons. The van der Waals surface area contributed by atoms with Crippen molar-refractivity contribution in [2.45, 2.75) is 31.6 Å². The normalized spacial score (nSPS) is 16.6. The monoisotopic (exact) mass is 251 g/mol. The number of nitrogens with one attached hydrogen (secondary N) is 1. The second-order valence-corrected chi connectivity index (χ2v) is 5.39. The number of halogens is 1. The molecular formula is C14H18ClNO. The number of hydrogen-bond donors (Lipinski definition) is 1. The van der Waals surface area contributed by atoms with Crippen molar-refractivity contribution in [2.75, 3.05) is 6.54 Å². The number of amides is 1. The summed E-state index contributed by atoms with van der Waals surface area (Å²) in [6, 6.07) is 8.60. The molecule has 92 valence electrons. The van der Waals surface area contributed by atoms with Crippen molar-refractivity contribution in [1.29, 1.82) is 0 Å². The minimum atomic E-state index is -0.434.